The molecule has 0 aliphatic carbocycles. The summed E-state index contributed by atoms with van der Waals surface area (Å²) in [4.78, 5) is 31.5. The van der Waals surface area contributed by atoms with Crippen LogP contribution in [0.2, 0.25) is 0 Å². The van der Waals surface area contributed by atoms with Crippen LogP contribution in [0.25, 0.3) is 0 Å². The van der Waals surface area contributed by atoms with Crippen molar-refractivity contribution < 1.29 is 14.3 Å². The fourth-order valence-corrected chi connectivity index (χ4v) is 5.78. The van der Waals surface area contributed by atoms with Crippen molar-refractivity contribution in [3.8, 4) is 5.75 Å². The second-order valence-corrected chi connectivity index (χ2v) is 10.5. The highest BCUT2D eigenvalue weighted by Crippen LogP contribution is 2.30. The largest absolute Gasteiger partial charge is 0.492 e. The molecule has 0 unspecified atom stereocenters. The van der Waals surface area contributed by atoms with Gasteiger partial charge in [-0.05, 0) is 67.6 Å². The van der Waals surface area contributed by atoms with Gasteiger partial charge in [0.15, 0.2) is 0 Å². The Bertz CT molecular complexity index is 1300. The number of nitrogens with zero attached hydrogens (tertiary/aromatic N) is 3. The van der Waals surface area contributed by atoms with Crippen LogP contribution in [0.3, 0.4) is 0 Å². The van der Waals surface area contributed by atoms with E-state index in [9.17, 15) is 9.59 Å². The molecule has 1 saturated heterocycles. The zero-order valence-corrected chi connectivity index (χ0v) is 23.6. The molecule has 2 heterocycles. The summed E-state index contributed by atoms with van der Waals surface area (Å²) in [6.07, 6.45) is 2.65. The minimum absolute atomic E-state index is 0.0159. The molecule has 210 valence electrons. The maximum absolute atomic E-state index is 12.7. The lowest BCUT2D eigenvalue weighted by atomic mass is 10.00. The number of nitrogens with one attached hydrogen (secondary N) is 1. The summed E-state index contributed by atoms with van der Waals surface area (Å²) in [6.45, 7) is 9.39. The van der Waals surface area contributed by atoms with Crippen molar-refractivity contribution in [3.05, 3.63) is 95.1 Å². The lowest BCUT2D eigenvalue weighted by molar-refractivity contribution is 0.0773. The maximum atomic E-state index is 12.7. The summed E-state index contributed by atoms with van der Waals surface area (Å²) in [7, 11) is 0. The zero-order chi connectivity index (χ0) is 27.9. The summed E-state index contributed by atoms with van der Waals surface area (Å²) in [5.41, 5.74) is 5.25. The predicted octanol–water partition coefficient (Wildman–Crippen LogP) is 5.33. The number of urea groups is 1. The normalized spacial score (nSPS) is 15.8. The van der Waals surface area contributed by atoms with Crippen LogP contribution in [-0.2, 0) is 13.0 Å². The minimum atomic E-state index is 0.0159. The summed E-state index contributed by atoms with van der Waals surface area (Å²) in [5, 5.41) is 3.03. The van der Waals surface area contributed by atoms with Crippen molar-refractivity contribution in [1.82, 2.24) is 15.1 Å². The standard InChI is InChI=1S/C33H40N4O3/c1-3-36(4-2)32(38)26-15-13-25(14-16-26)23-27-9-6-8-12-31(27)40-22-21-35-19-17-29(18-20-35)37-30-11-7-5-10-28(30)24-34-33(37)39/h5-16,29H,3-4,17-24H2,1-2H3,(H,34,39). The van der Waals surface area contributed by atoms with E-state index in [2.05, 4.69) is 28.4 Å². The monoisotopic (exact) mass is 540 g/mol. The van der Waals surface area contributed by atoms with Crippen LogP contribution in [0, 0.1) is 0 Å². The second-order valence-electron chi connectivity index (χ2n) is 10.5. The molecule has 7 nitrogen and oxygen atoms in total. The number of amides is 3. The predicted molar refractivity (Wildman–Crippen MR) is 159 cm³/mol. The van der Waals surface area contributed by atoms with E-state index in [0.717, 1.165) is 67.0 Å². The Morgan fingerprint density at radius 1 is 0.950 bits per heavy atom. The number of piperidine rings is 1. The number of rotatable bonds is 10. The number of ether oxygens (including phenoxy) is 1. The molecular weight excluding hydrogens is 500 g/mol. The first-order valence-electron chi connectivity index (χ1n) is 14.5. The van der Waals surface area contributed by atoms with Crippen molar-refractivity contribution >= 4 is 17.6 Å². The molecule has 2 aliphatic rings. The minimum Gasteiger partial charge on any atom is -0.492 e. The van der Waals surface area contributed by atoms with Gasteiger partial charge in [0.2, 0.25) is 0 Å². The van der Waals surface area contributed by atoms with Gasteiger partial charge in [0, 0.05) is 57.3 Å². The summed E-state index contributed by atoms with van der Waals surface area (Å²) >= 11 is 0. The molecule has 1 N–H and O–H groups in total. The van der Waals surface area contributed by atoms with Crippen LogP contribution >= 0.6 is 0 Å². The van der Waals surface area contributed by atoms with E-state index in [-0.39, 0.29) is 18.0 Å². The zero-order valence-electron chi connectivity index (χ0n) is 23.6. The molecule has 2 aliphatic heterocycles. The van der Waals surface area contributed by atoms with Gasteiger partial charge in [-0.3, -0.25) is 14.6 Å². The van der Waals surface area contributed by atoms with E-state index in [1.165, 1.54) is 5.56 Å². The van der Waals surface area contributed by atoms with Gasteiger partial charge in [0.1, 0.15) is 12.4 Å². The Morgan fingerprint density at radius 2 is 1.65 bits per heavy atom. The van der Waals surface area contributed by atoms with Crippen molar-refractivity contribution in [3.63, 3.8) is 0 Å². The number of hydrogen-bond donors (Lipinski definition) is 1. The molecule has 1 fully saturated rings. The lowest BCUT2D eigenvalue weighted by Gasteiger charge is -2.40. The number of benzene rings is 3. The van der Waals surface area contributed by atoms with Crippen LogP contribution in [0.4, 0.5) is 10.5 Å². The van der Waals surface area contributed by atoms with Crippen LogP contribution in [-0.4, -0.2) is 67.1 Å². The fraction of sp³-hybridized carbons (Fsp3) is 0.394. The quantitative estimate of drug-likeness (QED) is 0.378. The lowest BCUT2D eigenvalue weighted by Crippen LogP contribution is -2.53. The second kappa shape index (κ2) is 13.0. The van der Waals surface area contributed by atoms with Crippen molar-refractivity contribution in [2.75, 3.05) is 44.2 Å². The van der Waals surface area contributed by atoms with Crippen LogP contribution in [0.1, 0.15) is 53.7 Å². The highest BCUT2D eigenvalue weighted by Gasteiger charge is 2.32. The molecular formula is C33H40N4O3. The smallest absolute Gasteiger partial charge is 0.322 e. The van der Waals surface area contributed by atoms with E-state index < -0.39 is 0 Å². The molecule has 0 saturated carbocycles. The highest BCUT2D eigenvalue weighted by atomic mass is 16.5. The molecule has 3 aromatic rings. The average Bonchev–Trinajstić information content (AvgIpc) is 2.99. The van der Waals surface area contributed by atoms with Gasteiger partial charge in [-0.25, -0.2) is 4.79 Å². The molecule has 0 atom stereocenters. The first-order chi connectivity index (χ1) is 19.6. The third kappa shape index (κ3) is 6.31. The summed E-state index contributed by atoms with van der Waals surface area (Å²) in [6, 6.07) is 24.6. The molecule has 0 aromatic heterocycles. The number of fused-ring (bicyclic) bond motifs is 1. The Balaban J connectivity index is 1.12. The maximum Gasteiger partial charge on any atom is 0.322 e. The van der Waals surface area contributed by atoms with E-state index in [0.29, 0.717) is 26.2 Å². The van der Waals surface area contributed by atoms with Gasteiger partial charge in [-0.1, -0.05) is 48.5 Å². The molecule has 3 amide bonds. The van der Waals surface area contributed by atoms with E-state index in [1.807, 2.05) is 78.2 Å². The van der Waals surface area contributed by atoms with E-state index in [4.69, 9.17) is 4.74 Å². The molecule has 0 radical (unpaired) electrons. The third-order valence-electron chi connectivity index (χ3n) is 8.11. The van der Waals surface area contributed by atoms with Crippen molar-refractivity contribution in [1.29, 1.82) is 0 Å². The van der Waals surface area contributed by atoms with Gasteiger partial charge >= 0.3 is 6.03 Å². The fourth-order valence-electron chi connectivity index (χ4n) is 5.78. The molecule has 5 rings (SSSR count). The SMILES string of the molecule is CCN(CC)C(=O)c1ccc(Cc2ccccc2OCCN2CCC(N3C(=O)NCc4ccccc43)CC2)cc1. The number of anilines is 1. The Morgan fingerprint density at radius 3 is 2.40 bits per heavy atom. The van der Waals surface area contributed by atoms with Crippen molar-refractivity contribution in [2.45, 2.75) is 45.7 Å². The topological polar surface area (TPSA) is 65.1 Å². The highest BCUT2D eigenvalue weighted by molar-refractivity contribution is 5.95. The number of hydrogen-bond acceptors (Lipinski definition) is 4. The number of carbonyl (C=O) groups excluding carboxylic acids is 2. The first-order valence-corrected chi connectivity index (χ1v) is 14.5. The number of likely N-dealkylation sites (tertiary alicyclic amines) is 1. The Kier molecular flexibility index (Phi) is 9.01. The summed E-state index contributed by atoms with van der Waals surface area (Å²) in [5.74, 6) is 0.982. The van der Waals surface area contributed by atoms with Crippen LogP contribution < -0.4 is 15.0 Å². The molecule has 3 aromatic carbocycles. The van der Waals surface area contributed by atoms with Gasteiger partial charge < -0.3 is 15.0 Å². The number of carbonyl (C=O) groups is 2. The Labute approximate surface area is 237 Å². The molecule has 0 spiro atoms. The van der Waals surface area contributed by atoms with Crippen LogP contribution in [0.15, 0.2) is 72.8 Å². The van der Waals surface area contributed by atoms with E-state index >= 15 is 0 Å². The van der Waals surface area contributed by atoms with Crippen molar-refractivity contribution in [2.24, 2.45) is 0 Å². The molecule has 40 heavy (non-hydrogen) atoms. The molecule has 7 heteroatoms. The van der Waals surface area contributed by atoms with Gasteiger partial charge in [-0.15, -0.1) is 0 Å². The van der Waals surface area contributed by atoms with Gasteiger partial charge in [-0.2, -0.15) is 0 Å². The average molecular weight is 541 g/mol. The Hall–Kier alpha value is -3.84. The van der Waals surface area contributed by atoms with Crippen LogP contribution in [0.5, 0.6) is 5.75 Å². The van der Waals surface area contributed by atoms with Gasteiger partial charge in [0.25, 0.3) is 5.91 Å². The first kappa shape index (κ1) is 27.7. The number of para-hydroxylation sites is 2. The van der Waals surface area contributed by atoms with E-state index in [1.54, 1.807) is 0 Å². The third-order valence-corrected chi connectivity index (χ3v) is 8.11. The molecule has 0 bridgehead atoms. The summed E-state index contributed by atoms with van der Waals surface area (Å²) < 4.78 is 6.26. The van der Waals surface area contributed by atoms with Gasteiger partial charge in [0.05, 0.1) is 5.69 Å².